The van der Waals surface area contributed by atoms with Crippen LogP contribution in [0.1, 0.15) is 31.8 Å². The molecule has 0 fully saturated rings. The summed E-state index contributed by atoms with van der Waals surface area (Å²) in [4.78, 5) is 8.39. The van der Waals surface area contributed by atoms with Crippen molar-refractivity contribution in [2.45, 2.75) is 33.6 Å². The molecule has 0 bridgehead atoms. The van der Waals surface area contributed by atoms with E-state index in [1.165, 1.54) is 6.42 Å². The quantitative estimate of drug-likeness (QED) is 0.685. The Bertz CT molecular complexity index is 243. The second kappa shape index (κ2) is 4.19. The Kier molecular flexibility index (Phi) is 3.20. The maximum atomic E-state index is 4.33. The van der Waals surface area contributed by atoms with Gasteiger partial charge < -0.3 is 0 Å². The first-order valence-electron chi connectivity index (χ1n) is 4.47. The van der Waals surface area contributed by atoms with Gasteiger partial charge in [-0.2, -0.15) is 0 Å². The number of hydrogen-bond acceptors (Lipinski definition) is 2. The molecule has 0 N–H and O–H groups in total. The summed E-state index contributed by atoms with van der Waals surface area (Å²) < 4.78 is 0. The molecule has 0 saturated carbocycles. The summed E-state index contributed by atoms with van der Waals surface area (Å²) in [5.74, 6) is 1.62. The lowest BCUT2D eigenvalue weighted by Crippen LogP contribution is -1.97. The summed E-state index contributed by atoms with van der Waals surface area (Å²) in [5.41, 5.74) is 1.16. The molecule has 0 saturated heterocycles. The summed E-state index contributed by atoms with van der Waals surface area (Å²) >= 11 is 0. The minimum absolute atomic E-state index is 0.750. The first kappa shape index (κ1) is 9.17. The number of rotatable bonds is 3. The van der Waals surface area contributed by atoms with Crippen molar-refractivity contribution >= 4 is 0 Å². The molecule has 0 spiro atoms. The fraction of sp³-hybridized carbons (Fsp3) is 0.600. The predicted octanol–water partition coefficient (Wildman–Crippen LogP) is 2.37. The van der Waals surface area contributed by atoms with Crippen LogP contribution >= 0.6 is 0 Å². The van der Waals surface area contributed by atoms with Crippen molar-refractivity contribution in [1.82, 2.24) is 9.97 Å². The Balaban J connectivity index is 2.52. The lowest BCUT2D eigenvalue weighted by molar-refractivity contribution is 0.580. The molecule has 1 rings (SSSR count). The average Bonchev–Trinajstić information content (AvgIpc) is 2.01. The first-order valence-corrected chi connectivity index (χ1v) is 4.47. The molecule has 0 aliphatic rings. The highest BCUT2D eigenvalue weighted by Gasteiger charge is 1.98. The van der Waals surface area contributed by atoms with E-state index in [4.69, 9.17) is 0 Å². The summed E-state index contributed by atoms with van der Waals surface area (Å²) in [5, 5.41) is 0. The minimum atomic E-state index is 0.750. The zero-order valence-corrected chi connectivity index (χ0v) is 8.04. The largest absolute Gasteiger partial charge is 0.242 e. The number of nitrogens with zero attached hydrogens (tertiary/aromatic N) is 2. The third-order valence-electron chi connectivity index (χ3n) is 1.81. The van der Waals surface area contributed by atoms with E-state index in [0.29, 0.717) is 0 Å². The van der Waals surface area contributed by atoms with Gasteiger partial charge in [-0.05, 0) is 31.7 Å². The monoisotopic (exact) mass is 164 g/mol. The van der Waals surface area contributed by atoms with Crippen LogP contribution in [-0.4, -0.2) is 9.97 Å². The molecule has 1 heterocycles. The van der Waals surface area contributed by atoms with E-state index in [2.05, 4.69) is 23.8 Å². The molecule has 12 heavy (non-hydrogen) atoms. The summed E-state index contributed by atoms with van der Waals surface area (Å²) in [6.07, 6.45) is 4.11. The summed E-state index contributed by atoms with van der Waals surface area (Å²) in [6, 6.07) is 2.00. The first-order chi connectivity index (χ1) is 5.68. The topological polar surface area (TPSA) is 25.8 Å². The predicted molar refractivity (Wildman–Crippen MR) is 49.9 cm³/mol. The zero-order valence-electron chi connectivity index (χ0n) is 8.04. The van der Waals surface area contributed by atoms with Crippen LogP contribution in [0.3, 0.4) is 0 Å². The van der Waals surface area contributed by atoms with Crippen molar-refractivity contribution in [3.63, 3.8) is 0 Å². The molecule has 2 heteroatoms. The van der Waals surface area contributed by atoms with Crippen LogP contribution in [-0.2, 0) is 6.42 Å². The van der Waals surface area contributed by atoms with Gasteiger partial charge in [-0.3, -0.25) is 0 Å². The normalized spacial score (nSPS) is 10.7. The minimum Gasteiger partial charge on any atom is -0.242 e. The fourth-order valence-corrected chi connectivity index (χ4v) is 1.08. The Labute approximate surface area is 74.1 Å². The highest BCUT2D eigenvalue weighted by atomic mass is 14.9. The molecule has 0 atom stereocenters. The van der Waals surface area contributed by atoms with Gasteiger partial charge >= 0.3 is 0 Å². The molecular formula is C10H16N2. The van der Waals surface area contributed by atoms with Crippen LogP contribution in [0.25, 0.3) is 0 Å². The van der Waals surface area contributed by atoms with Crippen molar-refractivity contribution in [3.05, 3.63) is 23.8 Å². The van der Waals surface area contributed by atoms with Crippen molar-refractivity contribution in [3.8, 4) is 0 Å². The van der Waals surface area contributed by atoms with Gasteiger partial charge in [-0.15, -0.1) is 0 Å². The van der Waals surface area contributed by atoms with Crippen LogP contribution in [0.15, 0.2) is 12.3 Å². The average molecular weight is 164 g/mol. The van der Waals surface area contributed by atoms with Gasteiger partial charge in [0, 0.05) is 11.9 Å². The van der Waals surface area contributed by atoms with Crippen LogP contribution in [0.2, 0.25) is 0 Å². The summed E-state index contributed by atoms with van der Waals surface area (Å²) in [6.45, 7) is 6.39. The molecule has 0 aliphatic carbocycles. The van der Waals surface area contributed by atoms with Crippen LogP contribution in [0.5, 0.6) is 0 Å². The van der Waals surface area contributed by atoms with E-state index < -0.39 is 0 Å². The Morgan fingerprint density at radius 3 is 2.75 bits per heavy atom. The highest BCUT2D eigenvalue weighted by molar-refractivity contribution is 5.01. The van der Waals surface area contributed by atoms with Crippen molar-refractivity contribution in [2.24, 2.45) is 5.92 Å². The van der Waals surface area contributed by atoms with Gasteiger partial charge in [0.25, 0.3) is 0 Å². The van der Waals surface area contributed by atoms with Gasteiger partial charge in [0.2, 0.25) is 0 Å². The molecular weight excluding hydrogens is 148 g/mol. The molecule has 0 aromatic carbocycles. The van der Waals surface area contributed by atoms with Crippen LogP contribution in [0.4, 0.5) is 0 Å². The third kappa shape index (κ3) is 2.99. The van der Waals surface area contributed by atoms with Gasteiger partial charge in [-0.25, -0.2) is 9.97 Å². The van der Waals surface area contributed by atoms with Crippen molar-refractivity contribution in [1.29, 1.82) is 0 Å². The molecule has 0 amide bonds. The van der Waals surface area contributed by atoms with Gasteiger partial charge in [0.15, 0.2) is 0 Å². The van der Waals surface area contributed by atoms with Crippen LogP contribution < -0.4 is 0 Å². The maximum absolute atomic E-state index is 4.33. The highest BCUT2D eigenvalue weighted by Crippen LogP contribution is 2.05. The lowest BCUT2D eigenvalue weighted by Gasteiger charge is -2.03. The molecule has 0 radical (unpaired) electrons. The van der Waals surface area contributed by atoms with E-state index in [1.807, 2.05) is 19.2 Å². The lowest BCUT2D eigenvalue weighted by atomic mass is 10.1. The smallest absolute Gasteiger partial charge is 0.125 e. The second-order valence-electron chi connectivity index (χ2n) is 3.53. The zero-order chi connectivity index (χ0) is 8.97. The molecule has 0 aliphatic heterocycles. The maximum Gasteiger partial charge on any atom is 0.125 e. The van der Waals surface area contributed by atoms with Crippen LogP contribution in [0, 0.1) is 12.8 Å². The molecule has 66 valence electrons. The van der Waals surface area contributed by atoms with Crippen molar-refractivity contribution < 1.29 is 0 Å². The SMILES string of the molecule is Cc1nccc(CCC(C)C)n1. The van der Waals surface area contributed by atoms with Gasteiger partial charge in [0.05, 0.1) is 0 Å². The van der Waals surface area contributed by atoms with E-state index in [1.54, 1.807) is 0 Å². The van der Waals surface area contributed by atoms with E-state index in [0.717, 1.165) is 23.9 Å². The van der Waals surface area contributed by atoms with E-state index >= 15 is 0 Å². The fourth-order valence-electron chi connectivity index (χ4n) is 1.08. The molecule has 0 unspecified atom stereocenters. The number of hydrogen-bond donors (Lipinski definition) is 0. The number of aryl methyl sites for hydroxylation is 2. The number of aromatic nitrogens is 2. The molecule has 1 aromatic heterocycles. The van der Waals surface area contributed by atoms with Gasteiger partial charge in [-0.1, -0.05) is 13.8 Å². The Hall–Kier alpha value is -0.920. The standard InChI is InChI=1S/C10H16N2/c1-8(2)4-5-10-6-7-11-9(3)12-10/h6-8H,4-5H2,1-3H3. The van der Waals surface area contributed by atoms with Gasteiger partial charge in [0.1, 0.15) is 5.82 Å². The Morgan fingerprint density at radius 2 is 2.17 bits per heavy atom. The molecule has 2 nitrogen and oxygen atoms in total. The van der Waals surface area contributed by atoms with Crippen molar-refractivity contribution in [2.75, 3.05) is 0 Å². The van der Waals surface area contributed by atoms with E-state index in [9.17, 15) is 0 Å². The molecule has 1 aromatic rings. The third-order valence-corrected chi connectivity index (χ3v) is 1.81. The summed E-state index contributed by atoms with van der Waals surface area (Å²) in [7, 11) is 0. The second-order valence-corrected chi connectivity index (χ2v) is 3.53. The van der Waals surface area contributed by atoms with E-state index in [-0.39, 0.29) is 0 Å². The Morgan fingerprint density at radius 1 is 1.42 bits per heavy atom.